The summed E-state index contributed by atoms with van der Waals surface area (Å²) in [4.78, 5) is 10.7. The minimum absolute atomic E-state index is 0.274. The summed E-state index contributed by atoms with van der Waals surface area (Å²) in [5.41, 5.74) is 1.93. The Kier molecular flexibility index (Phi) is 3.98. The normalized spacial score (nSPS) is 10.8. The maximum Gasteiger partial charge on any atom is 0.341 e. The number of halogens is 1. The van der Waals surface area contributed by atoms with Crippen molar-refractivity contribution in [1.82, 2.24) is 9.78 Å². The summed E-state index contributed by atoms with van der Waals surface area (Å²) in [6.07, 6.45) is 0. The number of nitrogens with zero attached hydrogens (tertiary/aromatic N) is 2. The molecule has 6 heteroatoms. The molecule has 5 nitrogen and oxygen atoms in total. The van der Waals surface area contributed by atoms with Gasteiger partial charge in [-0.1, -0.05) is 41.9 Å². The molecule has 0 saturated carbocycles. The van der Waals surface area contributed by atoms with Gasteiger partial charge in [-0.25, -0.2) is 4.79 Å². The van der Waals surface area contributed by atoms with Crippen molar-refractivity contribution >= 4 is 28.5 Å². The molecule has 0 bridgehead atoms. The zero-order chi connectivity index (χ0) is 15.5. The van der Waals surface area contributed by atoms with Crippen LogP contribution >= 0.6 is 11.6 Å². The lowest BCUT2D eigenvalue weighted by Gasteiger charge is -2.03. The highest BCUT2D eigenvalue weighted by atomic mass is 35.5. The van der Waals surface area contributed by atoms with Gasteiger partial charge in [0, 0.05) is 5.02 Å². The Balaban J connectivity index is 2.01. The van der Waals surface area contributed by atoms with Crippen molar-refractivity contribution in [2.24, 2.45) is 0 Å². The van der Waals surface area contributed by atoms with E-state index in [1.54, 1.807) is 16.8 Å². The highest BCUT2D eigenvalue weighted by Crippen LogP contribution is 2.28. The summed E-state index contributed by atoms with van der Waals surface area (Å²) in [5, 5.41) is 14.4. The summed E-state index contributed by atoms with van der Waals surface area (Å²) in [6, 6.07) is 15.2. The Labute approximate surface area is 131 Å². The first-order valence-corrected chi connectivity index (χ1v) is 7.06. The van der Waals surface area contributed by atoms with Crippen LogP contribution in [0.2, 0.25) is 5.02 Å². The van der Waals surface area contributed by atoms with Gasteiger partial charge in [0.2, 0.25) is 5.88 Å². The molecule has 0 radical (unpaired) electrons. The van der Waals surface area contributed by atoms with Crippen molar-refractivity contribution < 1.29 is 14.6 Å². The fourth-order valence-corrected chi connectivity index (χ4v) is 2.41. The molecule has 0 aliphatic carbocycles. The lowest BCUT2D eigenvalue weighted by atomic mass is 10.2. The van der Waals surface area contributed by atoms with Gasteiger partial charge in [0.05, 0.1) is 17.4 Å². The molecule has 1 aromatic heterocycles. The number of benzene rings is 2. The zero-order valence-corrected chi connectivity index (χ0v) is 12.3. The molecule has 0 spiro atoms. The van der Waals surface area contributed by atoms with E-state index in [1.807, 2.05) is 36.4 Å². The Morgan fingerprint density at radius 3 is 2.73 bits per heavy atom. The fraction of sp³-hybridized carbons (Fsp3) is 0.125. The van der Waals surface area contributed by atoms with Crippen molar-refractivity contribution in [3.05, 3.63) is 59.1 Å². The van der Waals surface area contributed by atoms with Crippen LogP contribution in [-0.2, 0) is 11.3 Å². The first-order chi connectivity index (χ1) is 10.6. The number of aliphatic carboxylic acids is 1. The highest BCUT2D eigenvalue weighted by Gasteiger charge is 2.13. The van der Waals surface area contributed by atoms with Gasteiger partial charge in [-0.2, -0.15) is 0 Å². The van der Waals surface area contributed by atoms with E-state index in [-0.39, 0.29) is 5.88 Å². The van der Waals surface area contributed by atoms with Crippen LogP contribution in [0, 0.1) is 0 Å². The van der Waals surface area contributed by atoms with E-state index in [9.17, 15) is 4.79 Å². The third kappa shape index (κ3) is 3.04. The maximum absolute atomic E-state index is 10.7. The summed E-state index contributed by atoms with van der Waals surface area (Å²) in [7, 11) is 0. The largest absolute Gasteiger partial charge is 0.479 e. The molecule has 0 saturated heterocycles. The van der Waals surface area contributed by atoms with Gasteiger partial charge in [-0.15, -0.1) is 5.10 Å². The number of rotatable bonds is 5. The standard InChI is InChI=1S/C16H13ClN2O3/c17-12-6-7-14-13(8-12)16(22-10-15(20)21)18-19(14)9-11-4-2-1-3-5-11/h1-8H,9-10H2,(H,20,21). The molecule has 1 heterocycles. The Morgan fingerprint density at radius 2 is 2.00 bits per heavy atom. The number of hydrogen-bond acceptors (Lipinski definition) is 3. The molecule has 2 aromatic carbocycles. The molecule has 22 heavy (non-hydrogen) atoms. The molecule has 0 unspecified atom stereocenters. The van der Waals surface area contributed by atoms with Crippen LogP contribution in [0.15, 0.2) is 48.5 Å². The molecule has 0 atom stereocenters. The topological polar surface area (TPSA) is 64.3 Å². The van der Waals surface area contributed by atoms with Crippen molar-refractivity contribution in [3.63, 3.8) is 0 Å². The summed E-state index contributed by atoms with van der Waals surface area (Å²) < 4.78 is 7.04. The average Bonchev–Trinajstić information content (AvgIpc) is 2.83. The maximum atomic E-state index is 10.7. The SMILES string of the molecule is O=C(O)COc1nn(Cc2ccccc2)c2ccc(Cl)cc12. The van der Waals surface area contributed by atoms with Gasteiger partial charge in [-0.3, -0.25) is 4.68 Å². The molecule has 0 fully saturated rings. The van der Waals surface area contributed by atoms with E-state index in [0.29, 0.717) is 17.0 Å². The van der Waals surface area contributed by atoms with E-state index >= 15 is 0 Å². The van der Waals surface area contributed by atoms with Crippen LogP contribution in [0.3, 0.4) is 0 Å². The number of hydrogen-bond donors (Lipinski definition) is 1. The van der Waals surface area contributed by atoms with E-state index in [0.717, 1.165) is 11.1 Å². The second kappa shape index (κ2) is 6.07. The Hall–Kier alpha value is -2.53. The monoisotopic (exact) mass is 316 g/mol. The molecular formula is C16H13ClN2O3. The highest BCUT2D eigenvalue weighted by molar-refractivity contribution is 6.31. The zero-order valence-electron chi connectivity index (χ0n) is 11.6. The lowest BCUT2D eigenvalue weighted by Crippen LogP contribution is -2.10. The average molecular weight is 317 g/mol. The van der Waals surface area contributed by atoms with Crippen LogP contribution in [0.1, 0.15) is 5.56 Å². The van der Waals surface area contributed by atoms with Crippen molar-refractivity contribution in [2.75, 3.05) is 6.61 Å². The third-order valence-corrected chi connectivity index (χ3v) is 3.42. The molecule has 0 aliphatic heterocycles. The van der Waals surface area contributed by atoms with Crippen molar-refractivity contribution in [2.45, 2.75) is 6.54 Å². The first kappa shape index (κ1) is 14.4. The van der Waals surface area contributed by atoms with E-state index in [1.165, 1.54) is 0 Å². The van der Waals surface area contributed by atoms with Gasteiger partial charge in [-0.05, 0) is 23.8 Å². The van der Waals surface area contributed by atoms with E-state index in [2.05, 4.69) is 5.10 Å². The number of carboxylic acid groups (broad SMARTS) is 1. The molecule has 112 valence electrons. The Bertz CT molecular complexity index is 815. The van der Waals surface area contributed by atoms with Gasteiger partial charge in [0.25, 0.3) is 0 Å². The Morgan fingerprint density at radius 1 is 1.23 bits per heavy atom. The predicted molar refractivity (Wildman–Crippen MR) is 83.4 cm³/mol. The van der Waals surface area contributed by atoms with Crippen LogP contribution in [0.4, 0.5) is 0 Å². The van der Waals surface area contributed by atoms with Gasteiger partial charge < -0.3 is 9.84 Å². The first-order valence-electron chi connectivity index (χ1n) is 6.68. The molecule has 1 N–H and O–H groups in total. The summed E-state index contributed by atoms with van der Waals surface area (Å²) >= 11 is 6.01. The van der Waals surface area contributed by atoms with Gasteiger partial charge in [0.1, 0.15) is 0 Å². The number of carbonyl (C=O) groups is 1. The van der Waals surface area contributed by atoms with Crippen LogP contribution in [0.25, 0.3) is 10.9 Å². The van der Waals surface area contributed by atoms with Gasteiger partial charge in [0.15, 0.2) is 6.61 Å². The second-order valence-corrected chi connectivity index (χ2v) is 5.23. The van der Waals surface area contributed by atoms with E-state index in [4.69, 9.17) is 21.4 Å². The summed E-state index contributed by atoms with van der Waals surface area (Å²) in [6.45, 7) is 0.124. The van der Waals surface area contributed by atoms with Crippen LogP contribution < -0.4 is 4.74 Å². The van der Waals surface area contributed by atoms with Crippen LogP contribution in [-0.4, -0.2) is 27.5 Å². The second-order valence-electron chi connectivity index (χ2n) is 4.79. The molecule has 0 amide bonds. The number of ether oxygens (including phenoxy) is 1. The number of carboxylic acids is 1. The predicted octanol–water partition coefficient (Wildman–Crippen LogP) is 3.20. The molecule has 3 aromatic rings. The number of aromatic nitrogens is 2. The molecule has 3 rings (SSSR count). The summed E-state index contributed by atoms with van der Waals surface area (Å²) in [5.74, 6) is -0.774. The smallest absolute Gasteiger partial charge is 0.341 e. The third-order valence-electron chi connectivity index (χ3n) is 3.19. The van der Waals surface area contributed by atoms with Gasteiger partial charge >= 0.3 is 5.97 Å². The molecule has 0 aliphatic rings. The molecular weight excluding hydrogens is 304 g/mol. The minimum Gasteiger partial charge on any atom is -0.479 e. The number of fused-ring (bicyclic) bond motifs is 1. The lowest BCUT2D eigenvalue weighted by molar-refractivity contribution is -0.139. The van der Waals surface area contributed by atoms with Crippen molar-refractivity contribution in [3.8, 4) is 5.88 Å². The quantitative estimate of drug-likeness (QED) is 0.785. The van der Waals surface area contributed by atoms with Crippen molar-refractivity contribution in [1.29, 1.82) is 0 Å². The van der Waals surface area contributed by atoms with Crippen LogP contribution in [0.5, 0.6) is 5.88 Å². The minimum atomic E-state index is -1.05. The van der Waals surface area contributed by atoms with E-state index < -0.39 is 12.6 Å². The fourth-order valence-electron chi connectivity index (χ4n) is 2.24.